The Balaban J connectivity index is 1.60. The van der Waals surface area contributed by atoms with Crippen LogP contribution in [0.1, 0.15) is 26.2 Å². The lowest BCUT2D eigenvalue weighted by atomic mass is 10.2. The summed E-state index contributed by atoms with van der Waals surface area (Å²) in [6.45, 7) is 4.15. The number of anilines is 1. The predicted octanol–water partition coefficient (Wildman–Crippen LogP) is 2.51. The van der Waals surface area contributed by atoms with Gasteiger partial charge in [-0.1, -0.05) is 18.7 Å². The normalized spacial score (nSPS) is 20.2. The first-order valence-corrected chi connectivity index (χ1v) is 9.10. The maximum absolute atomic E-state index is 12.5. The monoisotopic (exact) mass is 347 g/mol. The van der Waals surface area contributed by atoms with Gasteiger partial charge in [0, 0.05) is 25.2 Å². The first kappa shape index (κ1) is 16.8. The summed E-state index contributed by atoms with van der Waals surface area (Å²) in [5.41, 5.74) is 0.699. The number of carbonyl (C=O) groups is 2. The fraction of sp³-hybridized carbons (Fsp3) is 0.471. The van der Waals surface area contributed by atoms with Gasteiger partial charge in [-0.25, -0.2) is 0 Å². The van der Waals surface area contributed by atoms with Gasteiger partial charge >= 0.3 is 0 Å². The van der Waals surface area contributed by atoms with Crippen LogP contribution in [-0.4, -0.2) is 46.8 Å². The Morgan fingerprint density at radius 3 is 2.96 bits per heavy atom. The second kappa shape index (κ2) is 7.70. The smallest absolute Gasteiger partial charge is 0.238 e. The number of carbonyl (C=O) groups excluding carboxylic acids is 2. The van der Waals surface area contributed by atoms with Crippen molar-refractivity contribution < 1.29 is 14.3 Å². The van der Waals surface area contributed by atoms with Crippen LogP contribution in [0.2, 0.25) is 0 Å². The second-order valence-electron chi connectivity index (χ2n) is 5.74. The van der Waals surface area contributed by atoms with Crippen LogP contribution in [-0.2, 0) is 9.59 Å². The summed E-state index contributed by atoms with van der Waals surface area (Å²) >= 11 is 1.38. The van der Waals surface area contributed by atoms with Gasteiger partial charge in [0.25, 0.3) is 0 Å². The van der Waals surface area contributed by atoms with Gasteiger partial charge in [-0.05, 0) is 37.1 Å². The maximum Gasteiger partial charge on any atom is 0.238 e. The summed E-state index contributed by atoms with van der Waals surface area (Å²) in [6, 6.07) is 7.28. The molecule has 6 nitrogen and oxygen atoms in total. The molecule has 1 saturated heterocycles. The largest absolute Gasteiger partial charge is 0.494 e. The quantitative estimate of drug-likeness (QED) is 0.888. The Labute approximate surface area is 145 Å². The first-order chi connectivity index (χ1) is 11.7. The van der Waals surface area contributed by atoms with Gasteiger partial charge in [0.1, 0.15) is 11.0 Å². The molecule has 1 N–H and O–H groups in total. The fourth-order valence-electron chi connectivity index (χ4n) is 2.58. The zero-order valence-corrected chi connectivity index (χ0v) is 14.5. The predicted molar refractivity (Wildman–Crippen MR) is 95.5 cm³/mol. The molecule has 0 unspecified atom stereocenters. The fourth-order valence-corrected chi connectivity index (χ4v) is 3.71. The Hall–Kier alpha value is -2.02. The molecule has 1 aromatic rings. The van der Waals surface area contributed by atoms with E-state index in [0.717, 1.165) is 25.1 Å². The van der Waals surface area contributed by atoms with Crippen molar-refractivity contribution in [3.05, 3.63) is 24.3 Å². The van der Waals surface area contributed by atoms with E-state index in [2.05, 4.69) is 17.2 Å². The summed E-state index contributed by atoms with van der Waals surface area (Å²) in [5.74, 6) is 0.600. The number of nitrogens with zero attached hydrogens (tertiary/aromatic N) is 2. The number of nitrogens with one attached hydrogen (secondary N) is 1. The number of thioether (sulfide) groups is 1. The number of hydrogen-bond acceptors (Lipinski definition) is 5. The molecule has 0 saturated carbocycles. The van der Waals surface area contributed by atoms with Crippen LogP contribution in [0.4, 0.5) is 5.69 Å². The maximum atomic E-state index is 12.5. The van der Waals surface area contributed by atoms with E-state index in [1.54, 1.807) is 4.90 Å². The molecule has 3 rings (SSSR count). The minimum Gasteiger partial charge on any atom is -0.494 e. The van der Waals surface area contributed by atoms with Crippen molar-refractivity contribution in [3.8, 4) is 5.75 Å². The van der Waals surface area contributed by atoms with Gasteiger partial charge in [0.2, 0.25) is 11.8 Å². The zero-order chi connectivity index (χ0) is 16.9. The molecule has 7 heteroatoms. The number of amides is 2. The van der Waals surface area contributed by atoms with E-state index in [1.807, 2.05) is 24.3 Å². The molecule has 0 aliphatic carbocycles. The highest BCUT2D eigenvalue weighted by molar-refractivity contribution is 8.15. The number of fused-ring (bicyclic) bond motifs is 1. The van der Waals surface area contributed by atoms with Crippen LogP contribution >= 0.6 is 11.8 Å². The number of amidine groups is 1. The van der Waals surface area contributed by atoms with Crippen LogP contribution < -0.4 is 10.1 Å². The first-order valence-electron chi connectivity index (χ1n) is 8.22. The molecule has 0 spiro atoms. The second-order valence-corrected chi connectivity index (χ2v) is 6.91. The highest BCUT2D eigenvalue weighted by Crippen LogP contribution is 2.29. The summed E-state index contributed by atoms with van der Waals surface area (Å²) in [5, 5.41) is 3.12. The summed E-state index contributed by atoms with van der Waals surface area (Å²) in [6.07, 6.45) is 2.05. The zero-order valence-electron chi connectivity index (χ0n) is 13.7. The molecular formula is C17H21N3O3S. The van der Waals surface area contributed by atoms with E-state index in [9.17, 15) is 9.59 Å². The molecule has 1 atom stereocenters. The number of rotatable bonds is 5. The van der Waals surface area contributed by atoms with E-state index in [-0.39, 0.29) is 18.2 Å². The minimum atomic E-state index is -0.429. The number of ether oxygens (including phenoxy) is 1. The standard InChI is InChI=1S/C17H21N3O3S/c1-2-10-23-13-6-4-12(5-7-13)19-16(22)14-11-15(21)20-9-3-8-18-17(20)24-14/h4-7,14H,2-3,8-11H2,1H3,(H,19,22)/t14-/m1/s1. The molecule has 2 amide bonds. The van der Waals surface area contributed by atoms with Gasteiger partial charge < -0.3 is 10.1 Å². The topological polar surface area (TPSA) is 71.0 Å². The summed E-state index contributed by atoms with van der Waals surface area (Å²) < 4.78 is 5.52. The molecule has 0 radical (unpaired) electrons. The van der Waals surface area contributed by atoms with Crippen LogP contribution in [0.3, 0.4) is 0 Å². The SMILES string of the molecule is CCCOc1ccc(NC(=O)[C@H]2CC(=O)N3CCCN=C3S2)cc1. The summed E-state index contributed by atoms with van der Waals surface area (Å²) in [7, 11) is 0. The Bertz CT molecular complexity index is 645. The Kier molecular flexibility index (Phi) is 5.40. The van der Waals surface area contributed by atoms with Gasteiger partial charge in [-0.2, -0.15) is 0 Å². The van der Waals surface area contributed by atoms with Crippen molar-refractivity contribution in [2.75, 3.05) is 25.0 Å². The lowest BCUT2D eigenvalue weighted by molar-refractivity contribution is -0.129. The molecule has 0 bridgehead atoms. The lowest BCUT2D eigenvalue weighted by Crippen LogP contribution is -2.47. The minimum absolute atomic E-state index is 0.0179. The van der Waals surface area contributed by atoms with Crippen molar-refractivity contribution >= 4 is 34.4 Å². The van der Waals surface area contributed by atoms with Crippen LogP contribution in [0.15, 0.2) is 29.3 Å². The van der Waals surface area contributed by atoms with Gasteiger partial charge in [-0.3, -0.25) is 19.5 Å². The third kappa shape index (κ3) is 3.90. The third-order valence-corrected chi connectivity index (χ3v) is 5.04. The highest BCUT2D eigenvalue weighted by Gasteiger charge is 2.36. The van der Waals surface area contributed by atoms with E-state index < -0.39 is 5.25 Å². The van der Waals surface area contributed by atoms with Gasteiger partial charge in [0.15, 0.2) is 5.17 Å². The highest BCUT2D eigenvalue weighted by atomic mass is 32.2. The molecule has 2 heterocycles. The average molecular weight is 347 g/mol. The number of benzene rings is 1. The molecule has 1 fully saturated rings. The number of hydrogen-bond donors (Lipinski definition) is 1. The molecular weight excluding hydrogens is 326 g/mol. The van der Waals surface area contributed by atoms with Crippen molar-refractivity contribution in [3.63, 3.8) is 0 Å². The lowest BCUT2D eigenvalue weighted by Gasteiger charge is -2.33. The Morgan fingerprint density at radius 2 is 2.21 bits per heavy atom. The molecule has 1 aromatic carbocycles. The van der Waals surface area contributed by atoms with E-state index in [0.29, 0.717) is 24.0 Å². The molecule has 2 aliphatic rings. The van der Waals surface area contributed by atoms with Crippen molar-refractivity contribution in [1.82, 2.24) is 4.90 Å². The third-order valence-electron chi connectivity index (χ3n) is 3.81. The van der Waals surface area contributed by atoms with Crippen molar-refractivity contribution in [1.29, 1.82) is 0 Å². The van der Waals surface area contributed by atoms with Gasteiger partial charge in [0.05, 0.1) is 6.61 Å². The number of aliphatic imine (C=N–C) groups is 1. The molecule has 128 valence electrons. The molecule has 2 aliphatic heterocycles. The molecule has 0 aromatic heterocycles. The Morgan fingerprint density at radius 1 is 1.42 bits per heavy atom. The van der Waals surface area contributed by atoms with E-state index in [4.69, 9.17) is 4.74 Å². The summed E-state index contributed by atoms with van der Waals surface area (Å²) in [4.78, 5) is 30.7. The molecule has 24 heavy (non-hydrogen) atoms. The van der Waals surface area contributed by atoms with E-state index >= 15 is 0 Å². The van der Waals surface area contributed by atoms with Crippen LogP contribution in [0.5, 0.6) is 5.75 Å². The van der Waals surface area contributed by atoms with Crippen molar-refractivity contribution in [2.45, 2.75) is 31.4 Å². The average Bonchev–Trinajstić information content (AvgIpc) is 2.61. The van der Waals surface area contributed by atoms with Crippen LogP contribution in [0.25, 0.3) is 0 Å². The van der Waals surface area contributed by atoms with Crippen LogP contribution in [0, 0.1) is 0 Å². The van der Waals surface area contributed by atoms with E-state index in [1.165, 1.54) is 11.8 Å². The van der Waals surface area contributed by atoms with Crippen molar-refractivity contribution in [2.24, 2.45) is 4.99 Å². The van der Waals surface area contributed by atoms with Gasteiger partial charge in [-0.15, -0.1) is 0 Å².